The number of rotatable bonds is 31. The minimum absolute atomic E-state index is 0.0120. The minimum atomic E-state index is -4.74. The number of aliphatic hydroxyl groups excluding tert-OH is 1. The van der Waals surface area contributed by atoms with Crippen molar-refractivity contribution in [3.05, 3.63) is 104 Å². The molecule has 0 fully saturated rings. The Labute approximate surface area is 486 Å². The van der Waals surface area contributed by atoms with Crippen LogP contribution in [0.4, 0.5) is 5.69 Å². The molecule has 0 aliphatic carbocycles. The molecule has 29 heteroatoms. The molecule has 28 nitrogen and oxygen atoms in total. The second kappa shape index (κ2) is 32.6. The number of nitro groups is 1. The maximum Gasteiger partial charge on any atom is 0.281 e. The molecule has 3 aromatic carbocycles. The van der Waals surface area contributed by atoms with Crippen molar-refractivity contribution in [1.29, 1.82) is 0 Å². The van der Waals surface area contributed by atoms with Gasteiger partial charge in [0, 0.05) is 31.5 Å². The molecule has 15 N–H and O–H groups in total. The molecular formula is C55H77N13O15S. The molecule has 0 aliphatic heterocycles. The number of aryl methyl sites for hydroxylation is 2. The van der Waals surface area contributed by atoms with Crippen molar-refractivity contribution >= 4 is 80.7 Å². The van der Waals surface area contributed by atoms with Crippen molar-refractivity contribution in [2.75, 3.05) is 6.54 Å². The number of nitrogens with two attached hydrogens (primary N) is 3. The van der Waals surface area contributed by atoms with Gasteiger partial charge in [0.15, 0.2) is 5.96 Å². The van der Waals surface area contributed by atoms with E-state index in [0.29, 0.717) is 11.1 Å². The van der Waals surface area contributed by atoms with Crippen LogP contribution in [0.1, 0.15) is 103 Å². The van der Waals surface area contributed by atoms with E-state index in [0.717, 1.165) is 6.08 Å². The molecule has 7 atom stereocenters. The number of hydrazine groups is 1. The molecular weight excluding hydrogens is 1110 g/mol. The Balaban J connectivity index is 1.98. The van der Waals surface area contributed by atoms with Crippen LogP contribution in [0, 0.1) is 35.8 Å². The third-order valence-corrected chi connectivity index (χ3v) is 14.3. The predicted molar refractivity (Wildman–Crippen MR) is 308 cm³/mol. The lowest BCUT2D eigenvalue weighted by Crippen LogP contribution is -2.62. The quantitative estimate of drug-likeness (QED) is 0.0102. The highest BCUT2D eigenvalue weighted by molar-refractivity contribution is 7.96. The molecule has 0 aromatic heterocycles. The van der Waals surface area contributed by atoms with Gasteiger partial charge >= 0.3 is 0 Å². The molecule has 0 saturated heterocycles. The third kappa shape index (κ3) is 21.7. The average molecular weight is 1190 g/mol. The summed E-state index contributed by atoms with van der Waals surface area (Å²) in [5, 5.41) is 37.1. The van der Waals surface area contributed by atoms with Gasteiger partial charge in [0.2, 0.25) is 51.2 Å². The molecule has 9 amide bonds. The summed E-state index contributed by atoms with van der Waals surface area (Å²) >= 11 is 0. The largest absolute Gasteiger partial charge is 0.488 e. The normalized spacial score (nSPS) is 13.9. The van der Waals surface area contributed by atoms with Gasteiger partial charge in [-0.1, -0.05) is 64.1 Å². The number of sulfone groups is 1. The number of aliphatic hydroxyl groups is 1. The van der Waals surface area contributed by atoms with Gasteiger partial charge in [0.05, 0.1) is 21.5 Å². The van der Waals surface area contributed by atoms with Crippen LogP contribution in [0.2, 0.25) is 0 Å². The van der Waals surface area contributed by atoms with E-state index in [4.69, 9.17) is 21.9 Å². The molecule has 0 aliphatic rings. The zero-order chi connectivity index (χ0) is 63.2. The number of nitrogens with one attached hydrogen (secondary N) is 8. The van der Waals surface area contributed by atoms with Gasteiger partial charge in [-0.25, -0.2) is 8.42 Å². The van der Waals surface area contributed by atoms with E-state index in [1.165, 1.54) is 63.2 Å². The number of ether oxygens (including phenoxy) is 1. The summed E-state index contributed by atoms with van der Waals surface area (Å²) < 4.78 is 34.8. The zero-order valence-electron chi connectivity index (χ0n) is 48.3. The number of benzene rings is 3. The van der Waals surface area contributed by atoms with Gasteiger partial charge in [-0.05, 0) is 107 Å². The Bertz CT molecular complexity index is 3060. The van der Waals surface area contributed by atoms with Gasteiger partial charge in [0.1, 0.15) is 53.5 Å². The fourth-order valence-corrected chi connectivity index (χ4v) is 9.61. The van der Waals surface area contributed by atoms with E-state index in [1.54, 1.807) is 65.8 Å². The maximum absolute atomic E-state index is 14.4. The second-order valence-corrected chi connectivity index (χ2v) is 22.5. The van der Waals surface area contributed by atoms with Crippen LogP contribution in [-0.4, -0.2) is 126 Å². The minimum Gasteiger partial charge on any atom is -0.488 e. The first-order valence-corrected chi connectivity index (χ1v) is 28.2. The first-order chi connectivity index (χ1) is 39.3. The van der Waals surface area contributed by atoms with E-state index in [1.807, 2.05) is 0 Å². The van der Waals surface area contributed by atoms with Gasteiger partial charge in [-0.2, -0.15) is 0 Å². The maximum atomic E-state index is 14.4. The van der Waals surface area contributed by atoms with Gasteiger partial charge in [-0.3, -0.25) is 69.1 Å². The van der Waals surface area contributed by atoms with Crippen LogP contribution < -0.4 is 64.7 Å². The van der Waals surface area contributed by atoms with Crippen LogP contribution in [0.25, 0.3) is 6.08 Å². The number of primary amides is 1. The molecule has 84 heavy (non-hydrogen) atoms. The molecule has 458 valence electrons. The van der Waals surface area contributed by atoms with Crippen molar-refractivity contribution in [3.8, 4) is 5.75 Å². The number of aliphatic imine (C=N–C) groups is 1. The van der Waals surface area contributed by atoms with Crippen LogP contribution in [-0.2, 0) is 59.6 Å². The summed E-state index contributed by atoms with van der Waals surface area (Å²) in [6, 6.07) is 7.19. The number of hydrogen-bond donors (Lipinski definition) is 12. The lowest BCUT2D eigenvalue weighted by Gasteiger charge is -2.29. The molecule has 3 aromatic rings. The molecule has 0 radical (unpaired) electrons. The molecule has 0 bridgehead atoms. The summed E-state index contributed by atoms with van der Waals surface area (Å²) in [6.45, 7) is 13.3. The van der Waals surface area contributed by atoms with Crippen molar-refractivity contribution in [1.82, 2.24) is 42.8 Å². The number of para-hydroxylation sites is 1. The number of carbonyl (C=O) groups is 9. The number of carbonyl (C=O) groups excluding carboxylic acids is 9. The Morgan fingerprint density at radius 1 is 0.714 bits per heavy atom. The Hall–Kier alpha value is -8.99. The second-order valence-electron chi connectivity index (χ2n) is 20.6. The number of amides is 9. The van der Waals surface area contributed by atoms with Gasteiger partial charge in [-0.15, -0.1) is 0 Å². The van der Waals surface area contributed by atoms with Crippen molar-refractivity contribution in [3.63, 3.8) is 0 Å². The van der Waals surface area contributed by atoms with E-state index in [2.05, 4.69) is 47.7 Å². The van der Waals surface area contributed by atoms with Crippen LogP contribution in [0.3, 0.4) is 0 Å². The van der Waals surface area contributed by atoms with Crippen LogP contribution >= 0.6 is 0 Å². The monoisotopic (exact) mass is 1190 g/mol. The Morgan fingerprint density at radius 3 is 1.87 bits per heavy atom. The van der Waals surface area contributed by atoms with Gasteiger partial charge < -0.3 is 58.9 Å². The topological polar surface area (TPSA) is 447 Å². The molecule has 0 unspecified atom stereocenters. The SMILES string of the molecule is CC(=O)N[C@@H](C)C(=O)N[C@H](C(=O)N[C@H](C(=O)N[C@@H](CCCN=C(N)N)C(=O)N[C@@H](CC(C)C)C(=O)N[C@@H](CCC(N)=O)C(=O)NNC(=O)/C(=C\c1c(C)cc(C)cc1OCc1ccccc1[N+](=O)[O-])S(=O)(=O)c1ccccc1)C(C)C)[C@@H](C)O. The molecule has 0 heterocycles. The number of nitro benzene ring substituents is 1. The smallest absolute Gasteiger partial charge is 0.281 e. The summed E-state index contributed by atoms with van der Waals surface area (Å²) in [7, 11) is -4.74. The number of guanidine groups is 1. The van der Waals surface area contributed by atoms with E-state index >= 15 is 0 Å². The summed E-state index contributed by atoms with van der Waals surface area (Å²) in [5.41, 5.74) is 21.8. The van der Waals surface area contributed by atoms with Crippen LogP contribution in [0.5, 0.6) is 5.75 Å². The summed E-state index contributed by atoms with van der Waals surface area (Å²) in [4.78, 5) is 135. The molecule has 3 rings (SSSR count). The highest BCUT2D eigenvalue weighted by Gasteiger charge is 2.36. The lowest BCUT2D eigenvalue weighted by molar-refractivity contribution is -0.385. The third-order valence-electron chi connectivity index (χ3n) is 12.6. The Kier molecular flexibility index (Phi) is 26.9. The van der Waals surface area contributed by atoms with Crippen molar-refractivity contribution in [2.24, 2.45) is 34.0 Å². The summed E-state index contributed by atoms with van der Waals surface area (Å²) in [5.74, 6) is -9.80. The van der Waals surface area contributed by atoms with Crippen LogP contribution in [0.15, 0.2) is 81.5 Å². The Morgan fingerprint density at radius 2 is 1.29 bits per heavy atom. The predicted octanol–water partition coefficient (Wildman–Crippen LogP) is 0.103. The van der Waals surface area contributed by atoms with E-state index < -0.39 is 134 Å². The van der Waals surface area contributed by atoms with Gasteiger partial charge in [0.25, 0.3) is 17.5 Å². The van der Waals surface area contributed by atoms with E-state index in [9.17, 15) is 66.8 Å². The van der Waals surface area contributed by atoms with Crippen molar-refractivity contribution < 1.29 is 66.3 Å². The highest BCUT2D eigenvalue weighted by Crippen LogP contribution is 2.32. The standard InChI is InChI=1S/C55H77N13O15S/c1-29(2)24-41(63-49(73)39(19-15-23-59-55(57)58)62-53(77)46(30(3)4)64-54(78)47(34(8)69)65-48(72)33(7)60-35(9)70)50(74)61-40(21-22-45(56)71)51(75)66-67-52(76)44(84(81,82)37-17-11-10-12-18-37)27-38-32(6)25-31(5)26-43(38)83-28-36-16-13-14-20-42(36)68(79)80/h10-14,16-18,20,25-27,29-30,33-34,39-41,46-47,69H,15,19,21-24,28H2,1-9H3,(H2,56,71)(H,60,70)(H,61,74)(H,62,77)(H,63,73)(H,64,78)(H,65,72)(H,66,75)(H,67,76)(H4,57,58,59)/b44-27+/t33-,34+,39-,40-,41-,46-,47-/m0/s1. The summed E-state index contributed by atoms with van der Waals surface area (Å²) in [6.07, 6.45) is -1.58. The fraction of sp³-hybridized carbons (Fsp3) is 0.455. The highest BCUT2D eigenvalue weighted by atomic mass is 32.2. The molecule has 0 spiro atoms. The van der Waals surface area contributed by atoms with E-state index in [-0.39, 0.29) is 71.8 Å². The fourth-order valence-electron chi connectivity index (χ4n) is 8.27. The average Bonchev–Trinajstić information content (AvgIpc) is 1.65. The number of hydrogen-bond acceptors (Lipinski definition) is 16. The zero-order valence-corrected chi connectivity index (χ0v) is 49.1. The lowest BCUT2D eigenvalue weighted by atomic mass is 9.99. The van der Waals surface area contributed by atoms with Crippen molar-refractivity contribution in [2.45, 2.75) is 148 Å². The first kappa shape index (κ1) is 69.3. The molecule has 0 saturated carbocycles. The number of nitrogens with zero attached hydrogens (tertiary/aromatic N) is 2. The first-order valence-electron chi connectivity index (χ1n) is 26.7.